The van der Waals surface area contributed by atoms with Crippen molar-refractivity contribution >= 4 is 56.1 Å². The molecule has 0 unspecified atom stereocenters. The molecule has 0 saturated carbocycles. The Balaban J connectivity index is 1.75. The molecule has 0 bridgehead atoms. The van der Waals surface area contributed by atoms with Gasteiger partial charge in [0.15, 0.2) is 0 Å². The lowest BCUT2D eigenvalue weighted by Gasteiger charge is -2.24. The van der Waals surface area contributed by atoms with Gasteiger partial charge in [-0.1, -0.05) is 24.3 Å². The third kappa shape index (κ3) is 6.29. The Morgan fingerprint density at radius 2 is 1.65 bits per heavy atom. The molecule has 12 heteroatoms. The maximum absolute atomic E-state index is 13.8. The second kappa shape index (κ2) is 11.2. The number of nitrogens with zero attached hydrogens (tertiary/aromatic N) is 2. The Labute approximate surface area is 230 Å². The minimum absolute atomic E-state index is 0.170. The smallest absolute Gasteiger partial charge is 0.307 e. The van der Waals surface area contributed by atoms with Crippen LogP contribution in [0.2, 0.25) is 0 Å². The molecular weight excluding hydrogens is 539 g/mol. The number of halogens is 1. The molecule has 40 heavy (non-hydrogen) atoms. The molecule has 4 rings (SSSR count). The van der Waals surface area contributed by atoms with E-state index < -0.39 is 33.6 Å². The average Bonchev–Trinajstić information content (AvgIpc) is 3.20. The third-order valence-corrected chi connectivity index (χ3v) is 7.32. The molecule has 0 atom stereocenters. The first-order chi connectivity index (χ1) is 18.8. The van der Waals surface area contributed by atoms with Gasteiger partial charge < -0.3 is 20.6 Å². The van der Waals surface area contributed by atoms with Crippen LogP contribution in [0.15, 0.2) is 66.7 Å². The van der Waals surface area contributed by atoms with E-state index in [0.29, 0.717) is 33.8 Å². The van der Waals surface area contributed by atoms with Crippen LogP contribution < -0.4 is 14.9 Å². The first kappa shape index (κ1) is 28.3. The van der Waals surface area contributed by atoms with Crippen LogP contribution in [0, 0.1) is 5.82 Å². The molecule has 0 aliphatic carbocycles. The fourth-order valence-electron chi connectivity index (χ4n) is 4.16. The molecule has 2 amide bonds. The van der Waals surface area contributed by atoms with Crippen molar-refractivity contribution in [1.82, 2.24) is 4.90 Å². The van der Waals surface area contributed by atoms with E-state index in [1.165, 1.54) is 49.3 Å². The molecule has 3 aromatic rings. The Kier molecular flexibility index (Phi) is 7.91. The van der Waals surface area contributed by atoms with Crippen LogP contribution in [0.4, 0.5) is 21.5 Å². The van der Waals surface area contributed by atoms with Gasteiger partial charge in [0.2, 0.25) is 15.9 Å². The number of fused-ring (bicyclic) bond motifs is 1. The van der Waals surface area contributed by atoms with Crippen LogP contribution in [0.25, 0.3) is 11.3 Å². The molecule has 10 nitrogen and oxygen atoms in total. The van der Waals surface area contributed by atoms with Gasteiger partial charge >= 0.3 is 5.97 Å². The van der Waals surface area contributed by atoms with Gasteiger partial charge in [0.25, 0.3) is 5.91 Å². The summed E-state index contributed by atoms with van der Waals surface area (Å²) in [5.41, 5.74) is 3.31. The second-order valence-corrected chi connectivity index (χ2v) is 11.3. The van der Waals surface area contributed by atoms with Crippen molar-refractivity contribution in [2.45, 2.75) is 6.42 Å². The molecule has 208 valence electrons. The zero-order valence-electron chi connectivity index (χ0n) is 21.9. The summed E-state index contributed by atoms with van der Waals surface area (Å²) in [6, 6.07) is 16.9. The summed E-state index contributed by atoms with van der Waals surface area (Å²) in [6.07, 6.45) is 0.842. The number of amides is 2. The van der Waals surface area contributed by atoms with Crippen molar-refractivity contribution in [2.24, 2.45) is 0 Å². The van der Waals surface area contributed by atoms with Gasteiger partial charge in [-0.15, -0.1) is 0 Å². The van der Waals surface area contributed by atoms with Crippen LogP contribution in [-0.2, 0) is 30.8 Å². The normalized spacial score (nSPS) is 13.8. The van der Waals surface area contributed by atoms with Crippen LogP contribution in [0.1, 0.15) is 16.7 Å². The van der Waals surface area contributed by atoms with Crippen LogP contribution >= 0.6 is 0 Å². The van der Waals surface area contributed by atoms with Crippen LogP contribution in [0.5, 0.6) is 0 Å². The van der Waals surface area contributed by atoms with Crippen molar-refractivity contribution in [3.05, 3.63) is 89.2 Å². The van der Waals surface area contributed by atoms with Gasteiger partial charge in [-0.25, -0.2) is 12.8 Å². The van der Waals surface area contributed by atoms with E-state index in [9.17, 15) is 27.2 Å². The van der Waals surface area contributed by atoms with Crippen molar-refractivity contribution < 1.29 is 32.3 Å². The number of carboxylic acids is 1. The van der Waals surface area contributed by atoms with E-state index in [0.717, 1.165) is 10.6 Å². The number of anilines is 3. The minimum atomic E-state index is -3.76. The lowest BCUT2D eigenvalue weighted by molar-refractivity contribution is -0.136. The first-order valence-corrected chi connectivity index (χ1v) is 13.9. The van der Waals surface area contributed by atoms with Crippen molar-refractivity contribution in [2.75, 3.05) is 41.8 Å². The molecule has 1 aliphatic heterocycles. The standard InChI is InChI=1S/C28H27FN4O6S/c1-32(2)24(34)16-33(40(3,38)39)21-11-9-20(10-12-21)30-27(18-6-4-17(5-7-18)14-25(35)36)26-22-13-8-19(29)15-23(22)31-28(26)37/h4-13,15,30H,14,16H2,1-3H3,(H,31,37)(H,35,36). The number of carboxylic acid groups (broad SMARTS) is 1. The first-order valence-electron chi connectivity index (χ1n) is 12.0. The number of hydrogen-bond acceptors (Lipinski definition) is 6. The molecule has 0 fully saturated rings. The minimum Gasteiger partial charge on any atom is -0.481 e. The molecule has 0 spiro atoms. The van der Waals surface area contributed by atoms with Crippen molar-refractivity contribution in [1.29, 1.82) is 0 Å². The number of hydrogen-bond donors (Lipinski definition) is 3. The summed E-state index contributed by atoms with van der Waals surface area (Å²) >= 11 is 0. The van der Waals surface area contributed by atoms with Gasteiger partial charge in [-0.2, -0.15) is 0 Å². The second-order valence-electron chi connectivity index (χ2n) is 9.39. The van der Waals surface area contributed by atoms with Gasteiger partial charge in [0, 0.05) is 25.3 Å². The number of nitrogens with one attached hydrogen (secondary N) is 2. The fraction of sp³-hybridized carbons (Fsp3) is 0.179. The number of likely N-dealkylation sites (N-methyl/N-ethyl adjacent to an activating group) is 1. The topological polar surface area (TPSA) is 136 Å². The number of sulfonamides is 1. The maximum Gasteiger partial charge on any atom is 0.307 e. The summed E-state index contributed by atoms with van der Waals surface area (Å²) in [4.78, 5) is 37.7. The average molecular weight is 567 g/mol. The lowest BCUT2D eigenvalue weighted by Crippen LogP contribution is -2.39. The highest BCUT2D eigenvalue weighted by Crippen LogP contribution is 2.38. The van der Waals surface area contributed by atoms with Gasteiger partial charge in [-0.05, 0) is 53.6 Å². The highest BCUT2D eigenvalue weighted by atomic mass is 32.2. The molecule has 1 aliphatic rings. The molecule has 1 heterocycles. The predicted octanol–water partition coefficient (Wildman–Crippen LogP) is 3.24. The predicted molar refractivity (Wildman–Crippen MR) is 151 cm³/mol. The summed E-state index contributed by atoms with van der Waals surface area (Å²) in [7, 11) is -0.700. The number of benzene rings is 3. The Bertz CT molecular complexity index is 1620. The molecule has 0 aromatic heterocycles. The summed E-state index contributed by atoms with van der Waals surface area (Å²) in [5, 5.41) is 15.0. The van der Waals surface area contributed by atoms with E-state index in [1.807, 2.05) is 0 Å². The zero-order chi connectivity index (χ0) is 29.2. The highest BCUT2D eigenvalue weighted by Gasteiger charge is 2.29. The maximum atomic E-state index is 13.8. The number of carbonyl (C=O) groups is 3. The SMILES string of the molecule is CN(C)C(=O)CN(c1ccc(NC(=C2C(=O)Nc3cc(F)ccc32)c2ccc(CC(=O)O)cc2)cc1)S(C)(=O)=O. The van der Waals surface area contributed by atoms with E-state index in [4.69, 9.17) is 5.11 Å². The molecule has 3 N–H and O–H groups in total. The Hall–Kier alpha value is -4.71. The summed E-state index contributed by atoms with van der Waals surface area (Å²) < 4.78 is 39.7. The monoisotopic (exact) mass is 566 g/mol. The third-order valence-electron chi connectivity index (χ3n) is 6.18. The molecule has 0 radical (unpaired) electrons. The Morgan fingerprint density at radius 1 is 1.00 bits per heavy atom. The lowest BCUT2D eigenvalue weighted by atomic mass is 9.98. The van der Waals surface area contributed by atoms with E-state index >= 15 is 0 Å². The number of rotatable bonds is 9. The highest BCUT2D eigenvalue weighted by molar-refractivity contribution is 7.92. The van der Waals surface area contributed by atoms with Crippen molar-refractivity contribution in [3.63, 3.8) is 0 Å². The summed E-state index contributed by atoms with van der Waals surface area (Å²) in [5.74, 6) is -2.34. The largest absolute Gasteiger partial charge is 0.481 e. The summed E-state index contributed by atoms with van der Waals surface area (Å²) in [6.45, 7) is -0.371. The fourth-order valence-corrected chi connectivity index (χ4v) is 5.01. The molecule has 0 saturated heterocycles. The number of aliphatic carboxylic acids is 1. The number of carbonyl (C=O) groups excluding carboxylic acids is 2. The van der Waals surface area contributed by atoms with Crippen molar-refractivity contribution in [3.8, 4) is 0 Å². The molecule has 3 aromatic carbocycles. The quantitative estimate of drug-likeness (QED) is 0.338. The van der Waals surface area contributed by atoms with Gasteiger partial charge in [-0.3, -0.25) is 18.7 Å². The van der Waals surface area contributed by atoms with Gasteiger partial charge in [0.1, 0.15) is 12.4 Å². The van der Waals surface area contributed by atoms with E-state index in [2.05, 4.69) is 10.6 Å². The zero-order valence-corrected chi connectivity index (χ0v) is 22.8. The Morgan fingerprint density at radius 3 is 2.23 bits per heavy atom. The van der Waals surface area contributed by atoms with E-state index in [-0.39, 0.29) is 24.2 Å². The van der Waals surface area contributed by atoms with Crippen LogP contribution in [0.3, 0.4) is 0 Å². The van der Waals surface area contributed by atoms with E-state index in [1.54, 1.807) is 36.4 Å². The van der Waals surface area contributed by atoms with Gasteiger partial charge in [0.05, 0.1) is 35.3 Å². The van der Waals surface area contributed by atoms with Crippen LogP contribution in [-0.4, -0.2) is 63.1 Å². The molecular formula is C28H27FN4O6S.